The molecule has 0 N–H and O–H groups in total. The van der Waals surface area contributed by atoms with Crippen molar-refractivity contribution in [2.24, 2.45) is 0 Å². The van der Waals surface area contributed by atoms with Gasteiger partial charge < -0.3 is 9.47 Å². The Labute approximate surface area is 231 Å². The predicted octanol–water partition coefficient (Wildman–Crippen LogP) is 7.81. The van der Waals surface area contributed by atoms with Gasteiger partial charge in [-0.05, 0) is 100 Å². The van der Waals surface area contributed by atoms with E-state index in [1.165, 1.54) is 4.90 Å². The molecule has 1 heterocycles. The van der Waals surface area contributed by atoms with Crippen LogP contribution in [0.4, 0.5) is 4.79 Å². The first-order chi connectivity index (χ1) is 16.8. The molecule has 2 amide bonds. The summed E-state index contributed by atoms with van der Waals surface area (Å²) in [6.45, 7) is 2.78. The molecule has 4 rings (SSSR count). The lowest BCUT2D eigenvalue weighted by molar-refractivity contribution is -0.123. The highest BCUT2D eigenvalue weighted by Gasteiger charge is 2.35. The van der Waals surface area contributed by atoms with Crippen LogP contribution in [-0.4, -0.2) is 22.7 Å². The Bertz CT molecular complexity index is 1280. The van der Waals surface area contributed by atoms with Gasteiger partial charge in [0.05, 0.1) is 23.1 Å². The topological polar surface area (TPSA) is 55.8 Å². The van der Waals surface area contributed by atoms with Crippen molar-refractivity contribution in [3.63, 3.8) is 0 Å². The molecule has 1 saturated heterocycles. The minimum absolute atomic E-state index is 0.224. The van der Waals surface area contributed by atoms with Crippen molar-refractivity contribution in [2.75, 3.05) is 6.61 Å². The van der Waals surface area contributed by atoms with E-state index in [-0.39, 0.29) is 24.3 Å². The average molecular weight is 640 g/mol. The third kappa shape index (κ3) is 6.52. The van der Waals surface area contributed by atoms with Gasteiger partial charge in [-0.25, -0.2) is 0 Å². The highest BCUT2D eigenvalue weighted by molar-refractivity contribution is 14.1. The number of amides is 2. The second kappa shape index (κ2) is 11.7. The van der Waals surface area contributed by atoms with Crippen LogP contribution in [0.3, 0.4) is 0 Å². The van der Waals surface area contributed by atoms with E-state index < -0.39 is 0 Å². The molecule has 0 radical (unpaired) electrons. The minimum Gasteiger partial charge on any atom is -0.490 e. The number of nitrogens with zero attached hydrogens (tertiary/aromatic N) is 1. The summed E-state index contributed by atoms with van der Waals surface area (Å²) in [6, 6.07) is 18.5. The zero-order chi connectivity index (χ0) is 24.9. The van der Waals surface area contributed by atoms with E-state index in [2.05, 4.69) is 22.6 Å². The molecule has 3 aromatic rings. The number of benzene rings is 3. The maximum absolute atomic E-state index is 13.0. The van der Waals surface area contributed by atoms with Crippen LogP contribution in [0.5, 0.6) is 11.5 Å². The summed E-state index contributed by atoms with van der Waals surface area (Å²) in [7, 11) is 0. The first-order valence-electron chi connectivity index (χ1n) is 10.7. The highest BCUT2D eigenvalue weighted by atomic mass is 127. The molecule has 0 unspecified atom stereocenters. The normalized spacial score (nSPS) is 14.6. The SMILES string of the molecule is CCOc1cc(/C=C2\SC(=O)N(Cc3ccc(I)cc3)C2=O)cc(Cl)c1OCc1ccc(Cl)cc1. The van der Waals surface area contributed by atoms with E-state index >= 15 is 0 Å². The van der Waals surface area contributed by atoms with Gasteiger partial charge in [-0.1, -0.05) is 47.5 Å². The molecule has 5 nitrogen and oxygen atoms in total. The van der Waals surface area contributed by atoms with Gasteiger partial charge in [-0.15, -0.1) is 0 Å². The van der Waals surface area contributed by atoms with Crippen LogP contribution in [0.1, 0.15) is 23.6 Å². The summed E-state index contributed by atoms with van der Waals surface area (Å²) < 4.78 is 12.8. The Morgan fingerprint density at radius 3 is 2.34 bits per heavy atom. The molecule has 0 spiro atoms. The average Bonchev–Trinajstić information content (AvgIpc) is 3.08. The van der Waals surface area contributed by atoms with Gasteiger partial charge in [0, 0.05) is 8.59 Å². The number of ether oxygens (including phenoxy) is 2. The summed E-state index contributed by atoms with van der Waals surface area (Å²) in [5.74, 6) is 0.529. The Balaban J connectivity index is 1.54. The van der Waals surface area contributed by atoms with Crippen molar-refractivity contribution in [1.82, 2.24) is 4.90 Å². The first-order valence-corrected chi connectivity index (χ1v) is 13.3. The highest BCUT2D eigenvalue weighted by Crippen LogP contribution is 2.40. The fourth-order valence-electron chi connectivity index (χ4n) is 3.37. The molecule has 35 heavy (non-hydrogen) atoms. The van der Waals surface area contributed by atoms with E-state index in [4.69, 9.17) is 32.7 Å². The smallest absolute Gasteiger partial charge is 0.293 e. The van der Waals surface area contributed by atoms with Gasteiger partial charge in [-0.3, -0.25) is 14.5 Å². The van der Waals surface area contributed by atoms with Gasteiger partial charge in [-0.2, -0.15) is 0 Å². The molecular formula is C26H20Cl2INO4S. The van der Waals surface area contributed by atoms with Crippen molar-refractivity contribution in [2.45, 2.75) is 20.1 Å². The maximum Gasteiger partial charge on any atom is 0.293 e. The van der Waals surface area contributed by atoms with Crippen LogP contribution in [0, 0.1) is 3.57 Å². The lowest BCUT2D eigenvalue weighted by Gasteiger charge is -2.15. The molecule has 0 saturated carbocycles. The van der Waals surface area contributed by atoms with Crippen LogP contribution in [0.15, 0.2) is 65.6 Å². The Morgan fingerprint density at radius 2 is 1.66 bits per heavy atom. The zero-order valence-electron chi connectivity index (χ0n) is 18.6. The molecule has 3 aromatic carbocycles. The van der Waals surface area contributed by atoms with Gasteiger partial charge >= 0.3 is 0 Å². The van der Waals surface area contributed by atoms with Crippen LogP contribution in [0.25, 0.3) is 6.08 Å². The third-order valence-electron chi connectivity index (χ3n) is 5.05. The van der Waals surface area contributed by atoms with E-state index in [1.807, 2.05) is 43.3 Å². The van der Waals surface area contributed by atoms with E-state index in [1.54, 1.807) is 30.3 Å². The molecule has 0 aliphatic carbocycles. The fourth-order valence-corrected chi connectivity index (χ4v) is 4.97. The third-order valence-corrected chi connectivity index (χ3v) is 7.21. The number of hydrogen-bond acceptors (Lipinski definition) is 5. The van der Waals surface area contributed by atoms with Crippen molar-refractivity contribution in [1.29, 1.82) is 0 Å². The molecular weight excluding hydrogens is 620 g/mol. The molecule has 1 aliphatic heterocycles. The second-order valence-corrected chi connectivity index (χ2v) is 10.7. The Kier molecular flexibility index (Phi) is 8.64. The molecule has 1 fully saturated rings. The minimum atomic E-state index is -0.337. The Morgan fingerprint density at radius 1 is 0.971 bits per heavy atom. The molecule has 0 aromatic heterocycles. The number of rotatable bonds is 8. The molecule has 0 bridgehead atoms. The largest absolute Gasteiger partial charge is 0.490 e. The molecule has 180 valence electrons. The van der Waals surface area contributed by atoms with Gasteiger partial charge in [0.1, 0.15) is 6.61 Å². The molecule has 1 aliphatic rings. The van der Waals surface area contributed by atoms with Crippen molar-refractivity contribution < 1.29 is 19.1 Å². The predicted molar refractivity (Wildman–Crippen MR) is 149 cm³/mol. The van der Waals surface area contributed by atoms with Crippen molar-refractivity contribution in [3.05, 3.63) is 95.9 Å². The standard InChI is InChI=1S/C26H20Cl2INO4S/c1-2-33-22-12-18(11-21(28)24(22)34-15-17-3-7-19(27)8-4-17)13-23-25(31)30(26(32)35-23)14-16-5-9-20(29)10-6-16/h3-13H,2,14-15H2,1H3/b23-13-. The summed E-state index contributed by atoms with van der Waals surface area (Å²) in [6.07, 6.45) is 1.65. The summed E-state index contributed by atoms with van der Waals surface area (Å²) >= 11 is 15.6. The lowest BCUT2D eigenvalue weighted by atomic mass is 10.1. The van der Waals surface area contributed by atoms with Gasteiger partial charge in [0.2, 0.25) is 0 Å². The van der Waals surface area contributed by atoms with Crippen molar-refractivity contribution in [3.8, 4) is 11.5 Å². The number of carbonyl (C=O) groups excluding carboxylic acids is 2. The van der Waals surface area contributed by atoms with E-state index in [0.29, 0.717) is 38.6 Å². The summed E-state index contributed by atoms with van der Waals surface area (Å²) in [5.41, 5.74) is 2.45. The van der Waals surface area contributed by atoms with Crippen LogP contribution in [-0.2, 0) is 17.9 Å². The van der Waals surface area contributed by atoms with E-state index in [0.717, 1.165) is 26.5 Å². The summed E-state index contributed by atoms with van der Waals surface area (Å²) in [4.78, 5) is 27.1. The second-order valence-electron chi connectivity index (χ2n) is 7.57. The van der Waals surface area contributed by atoms with Crippen molar-refractivity contribution >= 4 is 74.8 Å². The van der Waals surface area contributed by atoms with Crippen LogP contribution in [0.2, 0.25) is 10.0 Å². The number of hydrogen-bond donors (Lipinski definition) is 0. The van der Waals surface area contributed by atoms with E-state index in [9.17, 15) is 9.59 Å². The van der Waals surface area contributed by atoms with Gasteiger partial charge in [0.15, 0.2) is 11.5 Å². The lowest BCUT2D eigenvalue weighted by Crippen LogP contribution is -2.27. The summed E-state index contributed by atoms with van der Waals surface area (Å²) in [5, 5.41) is 0.683. The number of carbonyl (C=O) groups is 2. The fraction of sp³-hybridized carbons (Fsp3) is 0.154. The van der Waals surface area contributed by atoms with Crippen LogP contribution < -0.4 is 9.47 Å². The number of thioether (sulfide) groups is 1. The quantitative estimate of drug-likeness (QED) is 0.186. The number of halogens is 3. The monoisotopic (exact) mass is 639 g/mol. The maximum atomic E-state index is 13.0. The Hall–Kier alpha value is -2.20. The van der Waals surface area contributed by atoms with Gasteiger partial charge in [0.25, 0.3) is 11.1 Å². The van der Waals surface area contributed by atoms with Crippen LogP contribution >= 0.6 is 57.6 Å². The molecule has 0 atom stereocenters. The molecule has 9 heteroatoms. The number of imide groups is 1. The zero-order valence-corrected chi connectivity index (χ0v) is 23.1. The first kappa shape index (κ1) is 25.9.